The Bertz CT molecular complexity index is 1060. The molecule has 0 aliphatic carbocycles. The molecule has 0 saturated carbocycles. The second-order valence-corrected chi connectivity index (χ2v) is 7.61. The summed E-state index contributed by atoms with van der Waals surface area (Å²) < 4.78 is 112. The summed E-state index contributed by atoms with van der Waals surface area (Å²) in [5, 5.41) is 0. The summed E-state index contributed by atoms with van der Waals surface area (Å²) in [6.07, 6.45) is -8.93. The van der Waals surface area contributed by atoms with Crippen LogP contribution in [0.15, 0.2) is 48.5 Å². The van der Waals surface area contributed by atoms with Crippen LogP contribution in [0.2, 0.25) is 0 Å². The Balaban J connectivity index is 0.000000632. The van der Waals surface area contributed by atoms with E-state index in [1.807, 2.05) is 0 Å². The number of hydrogen-bond acceptors (Lipinski definition) is 7. The van der Waals surface area contributed by atoms with Crippen LogP contribution in [-0.2, 0) is 31.9 Å². The number of rotatable bonds is 5. The van der Waals surface area contributed by atoms with Crippen LogP contribution in [0.25, 0.3) is 0 Å². The van der Waals surface area contributed by atoms with Crippen molar-refractivity contribution in [2.24, 2.45) is 0 Å². The summed E-state index contributed by atoms with van der Waals surface area (Å²) in [7, 11) is -4.73. The van der Waals surface area contributed by atoms with Gasteiger partial charge < -0.3 is 14.0 Å². The third-order valence-corrected chi connectivity index (χ3v) is 4.05. The van der Waals surface area contributed by atoms with Gasteiger partial charge in [-0.15, -0.1) is 0 Å². The van der Waals surface area contributed by atoms with Gasteiger partial charge in [-0.2, -0.15) is 26.3 Å². The number of ether oxygens (including phenoxy) is 2. The Morgan fingerprint density at radius 2 is 1.09 bits per heavy atom. The van der Waals surface area contributed by atoms with E-state index in [9.17, 15) is 48.9 Å². The average Bonchev–Trinajstić information content (AvgIpc) is 2.71. The first-order valence-corrected chi connectivity index (χ1v) is 10.9. The monoisotopic (exact) mass is 588 g/mol. The molecule has 0 fully saturated rings. The molecule has 2 rings (SSSR count). The van der Waals surface area contributed by atoms with Crippen molar-refractivity contribution in [3.05, 3.63) is 70.8 Å². The van der Waals surface area contributed by atoms with Gasteiger partial charge in [-0.1, -0.05) is 0 Å². The van der Waals surface area contributed by atoms with E-state index >= 15 is 0 Å². The Morgan fingerprint density at radius 3 is 1.35 bits per heavy atom. The van der Waals surface area contributed by atoms with Gasteiger partial charge in [-0.05, 0) is 64.5 Å². The maximum Gasteiger partial charge on any atom is 1.00 e. The number of benzene rings is 2. The molecule has 0 aromatic heterocycles. The molecule has 0 aliphatic heterocycles. The summed E-state index contributed by atoms with van der Waals surface area (Å²) >= 11 is 2.87. The fourth-order valence-electron chi connectivity index (χ4n) is 1.93. The molecule has 2 aromatic carbocycles. The molecule has 7 nitrogen and oxygen atoms in total. The molecular weight excluding hydrogens is 577 g/mol. The summed E-state index contributed by atoms with van der Waals surface area (Å²) in [5.41, 5.74) is -1.95. The minimum atomic E-state index is -4.73. The van der Waals surface area contributed by atoms with Gasteiger partial charge in [0.25, 0.3) is 0 Å². The number of alkyl halides is 7. The number of hydrogen-bond donors (Lipinski definition) is 0. The Labute approximate surface area is 219 Å². The van der Waals surface area contributed by atoms with Crippen LogP contribution in [0.5, 0.6) is 0 Å². The van der Waals surface area contributed by atoms with E-state index in [0.29, 0.717) is 12.1 Å². The van der Waals surface area contributed by atoms with Crippen LogP contribution in [0.4, 0.5) is 26.3 Å². The minimum absolute atomic E-state index is 0. The van der Waals surface area contributed by atoms with E-state index in [4.69, 9.17) is 0 Å². The van der Waals surface area contributed by atoms with Crippen LogP contribution in [0, 0.1) is 0 Å². The van der Waals surface area contributed by atoms with Crippen molar-refractivity contribution in [2.75, 3.05) is 11.5 Å². The van der Waals surface area contributed by atoms with E-state index in [2.05, 4.69) is 25.4 Å². The zero-order chi connectivity index (χ0) is 25.4. The Hall–Kier alpha value is -1.65. The van der Waals surface area contributed by atoms with Crippen molar-refractivity contribution in [1.29, 1.82) is 0 Å². The first-order valence-electron chi connectivity index (χ1n) is 8.23. The molecule has 0 heterocycles. The molecular formula is C18H12BrF6NaO7S. The third kappa shape index (κ3) is 11.7. The molecule has 2 aromatic rings. The summed E-state index contributed by atoms with van der Waals surface area (Å²) in [4.78, 5) is 22.2. The van der Waals surface area contributed by atoms with Gasteiger partial charge in [0, 0.05) is 0 Å². The Morgan fingerprint density at radius 1 is 0.765 bits per heavy atom. The average molecular weight is 589 g/mol. The quantitative estimate of drug-likeness (QED) is 0.171. The van der Waals surface area contributed by atoms with Crippen LogP contribution in [0.1, 0.15) is 31.8 Å². The van der Waals surface area contributed by atoms with Crippen LogP contribution < -0.4 is 29.6 Å². The van der Waals surface area contributed by atoms with Gasteiger partial charge in [0.1, 0.15) is 15.6 Å². The van der Waals surface area contributed by atoms with E-state index < -0.39 is 51.5 Å². The molecule has 0 saturated heterocycles. The summed E-state index contributed by atoms with van der Waals surface area (Å²) in [6.45, 7) is 0. The van der Waals surface area contributed by atoms with Crippen LogP contribution in [0.3, 0.4) is 0 Å². The number of carbonyl (C=O) groups is 2. The van der Waals surface area contributed by atoms with Crippen LogP contribution in [-0.4, -0.2) is 36.4 Å². The SMILES string of the molecule is O=C(OCBr)c1ccc(C(F)(F)F)cc1.O=C(OCS(=O)(=O)[O-])c1ccc(C(F)(F)F)cc1.[Na+]. The number of carbonyl (C=O) groups excluding carboxylic acids is 2. The number of esters is 2. The van der Waals surface area contributed by atoms with Gasteiger partial charge >= 0.3 is 53.8 Å². The van der Waals surface area contributed by atoms with E-state index in [1.54, 1.807) is 0 Å². The zero-order valence-corrected chi connectivity index (χ0v) is 21.3. The molecule has 0 spiro atoms. The molecule has 0 atom stereocenters. The summed E-state index contributed by atoms with van der Waals surface area (Å²) in [6, 6.07) is 6.76. The molecule has 0 unspecified atom stereocenters. The second kappa shape index (κ2) is 13.4. The standard InChI is InChI=1S/C9H6BrF3O2.C9H7F3O5S.Na/c10-5-15-8(14)6-1-3-7(4-2-6)9(11,12)13;10-9(11,12)7-3-1-6(2-4-7)8(13)17-5-18(14,15)16;/h1-4H,5H2;1-4H,5H2,(H,14,15,16);/q;;+1/p-1. The van der Waals surface area contributed by atoms with E-state index in [1.165, 1.54) is 0 Å². The molecule has 0 radical (unpaired) electrons. The van der Waals surface area contributed by atoms with Crippen molar-refractivity contribution in [2.45, 2.75) is 12.4 Å². The molecule has 0 amide bonds. The topological polar surface area (TPSA) is 110 Å². The molecule has 16 heteroatoms. The predicted octanol–water partition coefficient (Wildman–Crippen LogP) is 1.58. The van der Waals surface area contributed by atoms with Crippen molar-refractivity contribution < 1.29 is 87.9 Å². The van der Waals surface area contributed by atoms with Gasteiger partial charge in [-0.3, -0.25) is 0 Å². The predicted molar refractivity (Wildman–Crippen MR) is 102 cm³/mol. The molecule has 182 valence electrons. The van der Waals surface area contributed by atoms with Crippen molar-refractivity contribution in [3.8, 4) is 0 Å². The fraction of sp³-hybridized carbons (Fsp3) is 0.222. The second-order valence-electron chi connectivity index (χ2n) is 5.80. The van der Waals surface area contributed by atoms with Crippen molar-refractivity contribution >= 4 is 38.0 Å². The minimum Gasteiger partial charge on any atom is -0.745 e. The first kappa shape index (κ1) is 32.4. The first-order chi connectivity index (χ1) is 15.0. The zero-order valence-electron chi connectivity index (χ0n) is 16.9. The molecule has 0 N–H and O–H groups in total. The Kier molecular flexibility index (Phi) is 12.8. The summed E-state index contributed by atoms with van der Waals surface area (Å²) in [5.74, 6) is -3.23. The van der Waals surface area contributed by atoms with Gasteiger partial charge in [-0.25, -0.2) is 18.0 Å². The van der Waals surface area contributed by atoms with Crippen LogP contribution >= 0.6 is 15.9 Å². The molecule has 34 heavy (non-hydrogen) atoms. The molecule has 0 aliphatic rings. The van der Waals surface area contributed by atoms with Crippen molar-refractivity contribution in [1.82, 2.24) is 0 Å². The fourth-order valence-corrected chi connectivity index (χ4v) is 2.39. The van der Waals surface area contributed by atoms with Gasteiger partial charge in [0.2, 0.25) is 0 Å². The maximum atomic E-state index is 12.2. The normalized spacial score (nSPS) is 11.4. The van der Waals surface area contributed by atoms with E-state index in [0.717, 1.165) is 36.4 Å². The van der Waals surface area contributed by atoms with Crippen molar-refractivity contribution in [3.63, 3.8) is 0 Å². The molecule has 0 bridgehead atoms. The largest absolute Gasteiger partial charge is 1.00 e. The van der Waals surface area contributed by atoms with Gasteiger partial charge in [0.05, 0.1) is 22.3 Å². The maximum absolute atomic E-state index is 12.2. The smallest absolute Gasteiger partial charge is 0.745 e. The third-order valence-electron chi connectivity index (χ3n) is 3.42. The van der Waals surface area contributed by atoms with E-state index in [-0.39, 0.29) is 46.2 Å². The van der Waals surface area contributed by atoms with Gasteiger partial charge in [0.15, 0.2) is 5.94 Å². The number of halogens is 7.